The lowest BCUT2D eigenvalue weighted by atomic mass is 10.1. The van der Waals surface area contributed by atoms with Crippen molar-refractivity contribution in [3.63, 3.8) is 0 Å². The van der Waals surface area contributed by atoms with E-state index in [9.17, 15) is 13.6 Å². The topological polar surface area (TPSA) is 35.5 Å². The molecule has 0 aliphatic heterocycles. The van der Waals surface area contributed by atoms with Crippen LogP contribution in [0.3, 0.4) is 0 Å². The smallest absolute Gasteiger partial charge is 0.387 e. The highest BCUT2D eigenvalue weighted by Crippen LogP contribution is 2.26. The summed E-state index contributed by atoms with van der Waals surface area (Å²) in [7, 11) is 0. The first kappa shape index (κ1) is 14.9. The number of carbonyl (C=O) groups is 1. The third-order valence-electron chi connectivity index (χ3n) is 2.10. The largest absolute Gasteiger partial charge is 0.494 e. The van der Waals surface area contributed by atoms with Crippen molar-refractivity contribution >= 4 is 21.7 Å². The number of alkyl halides is 3. The van der Waals surface area contributed by atoms with E-state index in [0.717, 1.165) is 0 Å². The quantitative estimate of drug-likeness (QED) is 0.723. The second-order valence-electron chi connectivity index (χ2n) is 3.43. The summed E-state index contributed by atoms with van der Waals surface area (Å²) in [5.74, 6) is 0.405. The fourth-order valence-electron chi connectivity index (χ4n) is 1.42. The first-order chi connectivity index (χ1) is 8.56. The zero-order valence-electron chi connectivity index (χ0n) is 9.79. The van der Waals surface area contributed by atoms with Gasteiger partial charge in [0.25, 0.3) is 0 Å². The van der Waals surface area contributed by atoms with Gasteiger partial charge in [-0.25, -0.2) is 0 Å². The molecule has 0 aromatic heterocycles. The van der Waals surface area contributed by atoms with E-state index in [1.165, 1.54) is 12.1 Å². The third kappa shape index (κ3) is 4.60. The number of benzene rings is 1. The van der Waals surface area contributed by atoms with Gasteiger partial charge in [-0.05, 0) is 25.1 Å². The van der Waals surface area contributed by atoms with Crippen LogP contribution in [-0.2, 0) is 11.2 Å². The summed E-state index contributed by atoms with van der Waals surface area (Å²) < 4.78 is 34.1. The highest BCUT2D eigenvalue weighted by atomic mass is 79.9. The van der Waals surface area contributed by atoms with Crippen molar-refractivity contribution in [1.82, 2.24) is 0 Å². The van der Waals surface area contributed by atoms with Crippen LogP contribution in [0, 0.1) is 0 Å². The van der Waals surface area contributed by atoms with Gasteiger partial charge in [0.15, 0.2) is 0 Å². The first-order valence-electron chi connectivity index (χ1n) is 5.35. The Kier molecular flexibility index (Phi) is 6.04. The third-order valence-corrected chi connectivity index (χ3v) is 2.72. The number of halogens is 3. The Bertz CT molecular complexity index is 410. The monoisotopic (exact) mass is 322 g/mol. The second kappa shape index (κ2) is 7.31. The Hall–Kier alpha value is -1.17. The molecule has 0 saturated heterocycles. The molecule has 100 valence electrons. The maximum absolute atomic E-state index is 12.2. The van der Waals surface area contributed by atoms with Crippen LogP contribution >= 0.6 is 15.9 Å². The molecule has 0 radical (unpaired) electrons. The number of ether oxygens (including phenoxy) is 2. The predicted molar refractivity (Wildman–Crippen MR) is 66.7 cm³/mol. The van der Waals surface area contributed by atoms with Crippen molar-refractivity contribution in [1.29, 1.82) is 0 Å². The molecule has 6 heteroatoms. The van der Waals surface area contributed by atoms with Gasteiger partial charge < -0.3 is 9.47 Å². The summed E-state index contributed by atoms with van der Waals surface area (Å²) in [5, 5.41) is 0.167. The van der Waals surface area contributed by atoms with Gasteiger partial charge in [-0.3, -0.25) is 4.79 Å². The summed E-state index contributed by atoms with van der Waals surface area (Å²) in [5.41, 5.74) is 0.394. The van der Waals surface area contributed by atoms with Crippen LogP contribution in [0.5, 0.6) is 11.5 Å². The first-order valence-corrected chi connectivity index (χ1v) is 6.47. The minimum Gasteiger partial charge on any atom is -0.494 e. The van der Waals surface area contributed by atoms with Crippen molar-refractivity contribution in [2.24, 2.45) is 0 Å². The molecule has 0 N–H and O–H groups in total. The number of ketones is 1. The molecule has 0 atom stereocenters. The van der Waals surface area contributed by atoms with E-state index in [4.69, 9.17) is 4.74 Å². The van der Waals surface area contributed by atoms with Crippen LogP contribution in [0.15, 0.2) is 18.2 Å². The fourth-order valence-corrected chi connectivity index (χ4v) is 1.62. The number of carbonyl (C=O) groups excluding carboxylic acids is 1. The molecule has 3 nitrogen and oxygen atoms in total. The van der Waals surface area contributed by atoms with Crippen molar-refractivity contribution in [2.45, 2.75) is 20.0 Å². The van der Waals surface area contributed by atoms with Gasteiger partial charge in [0, 0.05) is 12.0 Å². The highest BCUT2D eigenvalue weighted by molar-refractivity contribution is 9.09. The summed E-state index contributed by atoms with van der Waals surface area (Å²) >= 11 is 3.03. The SMILES string of the molecule is CCOc1ccc(OC(F)F)c(CC(=O)CBr)c1. The summed E-state index contributed by atoms with van der Waals surface area (Å²) in [6.45, 7) is -0.644. The maximum Gasteiger partial charge on any atom is 0.387 e. The average molecular weight is 323 g/mol. The predicted octanol–water partition coefficient (Wildman–Crippen LogP) is 3.19. The summed E-state index contributed by atoms with van der Waals surface area (Å²) in [6.07, 6.45) is 0.0220. The lowest BCUT2D eigenvalue weighted by Gasteiger charge is -2.12. The van der Waals surface area contributed by atoms with Crippen molar-refractivity contribution < 1.29 is 23.0 Å². The Balaban J connectivity index is 2.97. The Morgan fingerprint density at radius 3 is 2.72 bits per heavy atom. The highest BCUT2D eigenvalue weighted by Gasteiger charge is 2.13. The Morgan fingerprint density at radius 1 is 1.44 bits per heavy atom. The molecule has 0 aliphatic rings. The Labute approximate surface area is 112 Å². The molecule has 0 amide bonds. The van der Waals surface area contributed by atoms with Crippen LogP contribution in [0.1, 0.15) is 12.5 Å². The molecular weight excluding hydrogens is 310 g/mol. The lowest BCUT2D eigenvalue weighted by molar-refractivity contribution is -0.116. The molecular formula is C12H13BrF2O3. The minimum atomic E-state index is -2.92. The van der Waals surface area contributed by atoms with E-state index in [1.807, 2.05) is 6.92 Å². The van der Waals surface area contributed by atoms with E-state index >= 15 is 0 Å². The summed E-state index contributed by atoms with van der Waals surface area (Å²) in [4.78, 5) is 11.4. The standard InChI is InChI=1S/C12H13BrF2O3/c1-2-17-10-3-4-11(18-12(14)15)8(6-10)5-9(16)7-13/h3-4,6,12H,2,5,7H2,1H3. The van der Waals surface area contributed by atoms with E-state index < -0.39 is 6.61 Å². The van der Waals surface area contributed by atoms with Crippen LogP contribution in [0.25, 0.3) is 0 Å². The minimum absolute atomic E-state index is 0.00255. The molecule has 0 fully saturated rings. The second-order valence-corrected chi connectivity index (χ2v) is 3.99. The number of hydrogen-bond acceptors (Lipinski definition) is 3. The van der Waals surface area contributed by atoms with E-state index in [2.05, 4.69) is 20.7 Å². The fraction of sp³-hybridized carbons (Fsp3) is 0.417. The molecule has 1 rings (SSSR count). The van der Waals surface area contributed by atoms with Crippen LogP contribution < -0.4 is 9.47 Å². The van der Waals surface area contributed by atoms with E-state index in [-0.39, 0.29) is 23.3 Å². The molecule has 0 bridgehead atoms. The van der Waals surface area contributed by atoms with Crippen LogP contribution in [0.4, 0.5) is 8.78 Å². The Morgan fingerprint density at radius 2 is 2.17 bits per heavy atom. The number of hydrogen-bond donors (Lipinski definition) is 0. The van der Waals surface area contributed by atoms with Gasteiger partial charge in [0.2, 0.25) is 0 Å². The zero-order chi connectivity index (χ0) is 13.5. The molecule has 0 heterocycles. The van der Waals surface area contributed by atoms with Gasteiger partial charge in [-0.1, -0.05) is 15.9 Å². The zero-order valence-corrected chi connectivity index (χ0v) is 11.4. The van der Waals surface area contributed by atoms with Crippen molar-refractivity contribution in [2.75, 3.05) is 11.9 Å². The molecule has 0 aliphatic carbocycles. The molecule has 1 aromatic carbocycles. The van der Waals surface area contributed by atoms with Gasteiger partial charge in [0.1, 0.15) is 17.3 Å². The molecule has 0 spiro atoms. The van der Waals surface area contributed by atoms with Crippen LogP contribution in [-0.4, -0.2) is 24.3 Å². The number of Topliss-reactive ketones (excluding diaryl/α,β-unsaturated/α-hetero) is 1. The number of rotatable bonds is 7. The van der Waals surface area contributed by atoms with Crippen LogP contribution in [0.2, 0.25) is 0 Å². The van der Waals surface area contributed by atoms with Gasteiger partial charge in [-0.2, -0.15) is 8.78 Å². The summed E-state index contributed by atoms with van der Waals surface area (Å²) in [6, 6.07) is 4.46. The van der Waals surface area contributed by atoms with Crippen molar-refractivity contribution in [3.05, 3.63) is 23.8 Å². The molecule has 0 unspecified atom stereocenters. The normalized spacial score (nSPS) is 10.5. The van der Waals surface area contributed by atoms with Gasteiger partial charge >= 0.3 is 6.61 Å². The van der Waals surface area contributed by atoms with Gasteiger partial charge in [0.05, 0.1) is 11.9 Å². The maximum atomic E-state index is 12.2. The van der Waals surface area contributed by atoms with Gasteiger partial charge in [-0.15, -0.1) is 0 Å². The van der Waals surface area contributed by atoms with E-state index in [1.54, 1.807) is 6.07 Å². The van der Waals surface area contributed by atoms with E-state index in [0.29, 0.717) is 17.9 Å². The molecule has 18 heavy (non-hydrogen) atoms. The molecule has 1 aromatic rings. The lowest BCUT2D eigenvalue weighted by Crippen LogP contribution is -2.09. The molecule has 0 saturated carbocycles. The van der Waals surface area contributed by atoms with Crippen molar-refractivity contribution in [3.8, 4) is 11.5 Å². The average Bonchev–Trinajstić information content (AvgIpc) is 2.32.